The molecule has 3 aromatic rings. The predicted octanol–water partition coefficient (Wildman–Crippen LogP) is 4.50. The molecule has 1 aliphatic rings. The first-order valence-corrected chi connectivity index (χ1v) is 11.0. The number of rotatable bonds is 5. The molecule has 5 nitrogen and oxygen atoms in total. The number of hydrogen-bond donors (Lipinski definition) is 0. The van der Waals surface area contributed by atoms with E-state index in [2.05, 4.69) is 5.10 Å². The second-order valence-electron chi connectivity index (χ2n) is 7.06. The first-order chi connectivity index (χ1) is 14.5. The van der Waals surface area contributed by atoms with Crippen molar-refractivity contribution in [2.45, 2.75) is 11.8 Å². The molecule has 0 spiro atoms. The second kappa shape index (κ2) is 8.16. The van der Waals surface area contributed by atoms with Crippen LogP contribution >= 0.6 is 0 Å². The lowest BCUT2D eigenvalue weighted by molar-refractivity contribution is 0.415. The van der Waals surface area contributed by atoms with E-state index in [-0.39, 0.29) is 11.4 Å². The highest BCUT2D eigenvalue weighted by Gasteiger charge is 2.31. The molecule has 0 fully saturated rings. The van der Waals surface area contributed by atoms with Gasteiger partial charge in [-0.15, -0.1) is 0 Å². The Kier molecular flexibility index (Phi) is 5.42. The van der Waals surface area contributed by atoms with Gasteiger partial charge in [-0.1, -0.05) is 48.0 Å². The van der Waals surface area contributed by atoms with Crippen LogP contribution in [0.2, 0.25) is 0 Å². The van der Waals surface area contributed by atoms with Crippen LogP contribution in [0.25, 0.3) is 6.08 Å². The first-order valence-electron chi connectivity index (χ1n) is 9.56. The molecule has 152 valence electrons. The minimum absolute atomic E-state index is 0.173. The van der Waals surface area contributed by atoms with Crippen LogP contribution in [-0.2, 0) is 10.0 Å². The molecule has 30 heavy (non-hydrogen) atoms. The minimum atomic E-state index is -3.75. The summed E-state index contributed by atoms with van der Waals surface area (Å²) in [7, 11) is -2.14. The number of ether oxygens (including phenoxy) is 1. The zero-order valence-corrected chi connectivity index (χ0v) is 17.6. The van der Waals surface area contributed by atoms with Gasteiger partial charge < -0.3 is 4.74 Å². The van der Waals surface area contributed by atoms with Gasteiger partial charge in [0.25, 0.3) is 10.0 Å². The Morgan fingerprint density at radius 1 is 0.933 bits per heavy atom. The predicted molar refractivity (Wildman–Crippen MR) is 119 cm³/mol. The Balaban J connectivity index is 1.77. The maximum atomic E-state index is 13.2. The fourth-order valence-electron chi connectivity index (χ4n) is 3.26. The van der Waals surface area contributed by atoms with Crippen LogP contribution in [0.1, 0.15) is 16.7 Å². The van der Waals surface area contributed by atoms with Gasteiger partial charge in [0.15, 0.2) is 0 Å². The molecule has 0 radical (unpaired) electrons. The lowest BCUT2D eigenvalue weighted by Crippen LogP contribution is -2.24. The summed E-state index contributed by atoms with van der Waals surface area (Å²) in [6, 6.07) is 24.1. The molecule has 0 atom stereocenters. The fraction of sp³-hybridized carbons (Fsp3) is 0.125. The average Bonchev–Trinajstić information content (AvgIpc) is 3.19. The van der Waals surface area contributed by atoms with Crippen molar-refractivity contribution < 1.29 is 13.2 Å². The lowest BCUT2D eigenvalue weighted by atomic mass is 10.0. The molecule has 0 saturated carbocycles. The number of aryl methyl sites for hydroxylation is 1. The summed E-state index contributed by atoms with van der Waals surface area (Å²) in [5.41, 5.74) is 4.30. The van der Waals surface area contributed by atoms with Gasteiger partial charge in [0.2, 0.25) is 0 Å². The van der Waals surface area contributed by atoms with Crippen molar-refractivity contribution in [2.24, 2.45) is 5.10 Å². The summed E-state index contributed by atoms with van der Waals surface area (Å²) < 4.78 is 32.8. The molecule has 0 amide bonds. The summed E-state index contributed by atoms with van der Waals surface area (Å²) in [5.74, 6) is 0.732. The van der Waals surface area contributed by atoms with Crippen molar-refractivity contribution in [3.63, 3.8) is 0 Å². The number of hydrazone groups is 1. The average molecular weight is 419 g/mol. The standard InChI is InChI=1S/C24H22N2O3S/c1-18-8-14-23(15-9-18)30(27,28)26-17-21(16-19-6-4-3-5-7-19)24(25-26)20-10-12-22(29-2)13-11-20/h3-16H,17H2,1-2H3/b21-16+. The molecule has 0 N–H and O–H groups in total. The summed E-state index contributed by atoms with van der Waals surface area (Å²) in [5, 5.41) is 4.51. The van der Waals surface area contributed by atoms with Crippen molar-refractivity contribution in [3.05, 3.63) is 101 Å². The normalized spacial score (nSPS) is 15.3. The van der Waals surface area contributed by atoms with Gasteiger partial charge in [-0.3, -0.25) is 0 Å². The third-order valence-electron chi connectivity index (χ3n) is 4.92. The summed E-state index contributed by atoms with van der Waals surface area (Å²) in [4.78, 5) is 0.229. The van der Waals surface area contributed by atoms with Gasteiger partial charge in [-0.05, 0) is 55.0 Å². The number of hydrogen-bond acceptors (Lipinski definition) is 4. The van der Waals surface area contributed by atoms with Gasteiger partial charge in [0, 0.05) is 11.1 Å². The van der Waals surface area contributed by atoms with Crippen LogP contribution in [0.5, 0.6) is 5.75 Å². The Bertz CT molecular complexity index is 1200. The zero-order chi connectivity index (χ0) is 21.1. The number of benzene rings is 3. The van der Waals surface area contributed by atoms with Crippen molar-refractivity contribution in [1.29, 1.82) is 0 Å². The van der Waals surface area contributed by atoms with E-state index in [1.165, 1.54) is 4.41 Å². The number of nitrogens with zero attached hydrogens (tertiary/aromatic N) is 2. The van der Waals surface area contributed by atoms with Crippen LogP contribution in [0.3, 0.4) is 0 Å². The molecular formula is C24H22N2O3S. The summed E-state index contributed by atoms with van der Waals surface area (Å²) in [6.07, 6.45) is 1.98. The van der Waals surface area contributed by atoms with E-state index in [0.717, 1.165) is 28.0 Å². The van der Waals surface area contributed by atoms with E-state index in [1.54, 1.807) is 31.4 Å². The molecular weight excluding hydrogens is 396 g/mol. The maximum absolute atomic E-state index is 13.2. The molecule has 1 aliphatic heterocycles. The molecule has 4 rings (SSSR count). The highest BCUT2D eigenvalue weighted by molar-refractivity contribution is 7.89. The van der Waals surface area contributed by atoms with Gasteiger partial charge in [0.1, 0.15) is 5.75 Å². The molecule has 0 bridgehead atoms. The van der Waals surface area contributed by atoms with Gasteiger partial charge in [-0.2, -0.15) is 17.9 Å². The Morgan fingerprint density at radius 2 is 1.60 bits per heavy atom. The second-order valence-corrected chi connectivity index (χ2v) is 8.90. The molecule has 0 aliphatic carbocycles. The van der Waals surface area contributed by atoms with Crippen molar-refractivity contribution in [3.8, 4) is 5.75 Å². The SMILES string of the molecule is COc1ccc(C2=NN(S(=O)(=O)c3ccc(C)cc3)C/C2=C\c2ccccc2)cc1. The largest absolute Gasteiger partial charge is 0.497 e. The lowest BCUT2D eigenvalue weighted by Gasteiger charge is -2.14. The van der Waals surface area contributed by atoms with Crippen LogP contribution < -0.4 is 4.74 Å². The van der Waals surface area contributed by atoms with Gasteiger partial charge in [0.05, 0.1) is 24.3 Å². The van der Waals surface area contributed by atoms with Gasteiger partial charge in [-0.25, -0.2) is 0 Å². The highest BCUT2D eigenvalue weighted by Crippen LogP contribution is 2.28. The van der Waals surface area contributed by atoms with Crippen LogP contribution in [0.4, 0.5) is 0 Å². The third-order valence-corrected chi connectivity index (χ3v) is 6.56. The molecule has 0 unspecified atom stereocenters. The van der Waals surface area contributed by atoms with E-state index < -0.39 is 10.0 Å². The van der Waals surface area contributed by atoms with E-state index in [4.69, 9.17) is 4.74 Å². The molecule has 0 saturated heterocycles. The minimum Gasteiger partial charge on any atom is -0.497 e. The zero-order valence-electron chi connectivity index (χ0n) is 16.8. The first kappa shape index (κ1) is 19.9. The Labute approximate surface area is 177 Å². The van der Waals surface area contributed by atoms with E-state index in [0.29, 0.717) is 5.71 Å². The van der Waals surface area contributed by atoms with E-state index in [1.807, 2.05) is 67.6 Å². The quantitative estimate of drug-likeness (QED) is 0.613. The molecule has 0 aromatic heterocycles. The molecule has 1 heterocycles. The Morgan fingerprint density at radius 3 is 2.23 bits per heavy atom. The summed E-state index contributed by atoms with van der Waals surface area (Å²) >= 11 is 0. The number of sulfonamides is 1. The van der Waals surface area contributed by atoms with Crippen molar-refractivity contribution in [2.75, 3.05) is 13.7 Å². The molecule has 6 heteroatoms. The topological polar surface area (TPSA) is 59.0 Å². The van der Waals surface area contributed by atoms with E-state index in [9.17, 15) is 8.42 Å². The van der Waals surface area contributed by atoms with Crippen molar-refractivity contribution in [1.82, 2.24) is 4.41 Å². The van der Waals surface area contributed by atoms with E-state index >= 15 is 0 Å². The maximum Gasteiger partial charge on any atom is 0.279 e. The van der Waals surface area contributed by atoms with Gasteiger partial charge >= 0.3 is 0 Å². The van der Waals surface area contributed by atoms with Crippen LogP contribution in [0, 0.1) is 6.92 Å². The van der Waals surface area contributed by atoms with Crippen LogP contribution in [-0.4, -0.2) is 32.2 Å². The monoisotopic (exact) mass is 418 g/mol. The fourth-order valence-corrected chi connectivity index (χ4v) is 4.48. The van der Waals surface area contributed by atoms with Crippen molar-refractivity contribution >= 4 is 21.8 Å². The molecule has 3 aromatic carbocycles. The summed E-state index contributed by atoms with van der Waals surface area (Å²) in [6.45, 7) is 2.10. The Hall–Kier alpha value is -3.38. The van der Waals surface area contributed by atoms with Crippen LogP contribution in [0.15, 0.2) is 94.4 Å². The number of methoxy groups -OCH3 is 1. The highest BCUT2D eigenvalue weighted by atomic mass is 32.2. The third kappa shape index (κ3) is 4.00. The smallest absolute Gasteiger partial charge is 0.279 e.